The van der Waals surface area contributed by atoms with Crippen LogP contribution in [0, 0.1) is 0 Å². The molecular formula is C9H15N3O2. The van der Waals surface area contributed by atoms with Crippen LogP contribution >= 0.6 is 0 Å². The summed E-state index contributed by atoms with van der Waals surface area (Å²) in [6.45, 7) is 4.23. The van der Waals surface area contributed by atoms with Crippen molar-refractivity contribution in [3.05, 3.63) is 22.6 Å². The fourth-order valence-electron chi connectivity index (χ4n) is 1.02. The van der Waals surface area contributed by atoms with Crippen LogP contribution in [0.2, 0.25) is 0 Å². The van der Waals surface area contributed by atoms with Gasteiger partial charge in [0, 0.05) is 25.8 Å². The van der Waals surface area contributed by atoms with Gasteiger partial charge in [0.15, 0.2) is 0 Å². The summed E-state index contributed by atoms with van der Waals surface area (Å²) in [4.78, 5) is 10.8. The first-order valence-electron chi connectivity index (χ1n) is 4.69. The van der Waals surface area contributed by atoms with E-state index in [1.54, 1.807) is 6.20 Å². The van der Waals surface area contributed by atoms with Crippen LogP contribution < -0.4 is 10.9 Å². The quantitative estimate of drug-likeness (QED) is 0.656. The van der Waals surface area contributed by atoms with Gasteiger partial charge in [-0.2, -0.15) is 5.10 Å². The second-order valence-electron chi connectivity index (χ2n) is 2.81. The van der Waals surface area contributed by atoms with Crippen molar-refractivity contribution in [3.63, 3.8) is 0 Å². The number of anilines is 1. The molecule has 1 rings (SSSR count). The van der Waals surface area contributed by atoms with E-state index in [1.165, 1.54) is 6.07 Å². The molecule has 5 heteroatoms. The number of nitrogens with one attached hydrogen (secondary N) is 2. The van der Waals surface area contributed by atoms with Crippen molar-refractivity contribution >= 4 is 5.69 Å². The minimum absolute atomic E-state index is 0.195. The van der Waals surface area contributed by atoms with E-state index in [4.69, 9.17) is 4.74 Å². The first kappa shape index (κ1) is 10.7. The lowest BCUT2D eigenvalue weighted by atomic mass is 10.4. The Hall–Kier alpha value is -1.36. The molecular weight excluding hydrogens is 182 g/mol. The first-order valence-corrected chi connectivity index (χ1v) is 4.69. The fourth-order valence-corrected chi connectivity index (χ4v) is 1.02. The molecule has 0 aromatic carbocycles. The summed E-state index contributed by atoms with van der Waals surface area (Å²) >= 11 is 0. The topological polar surface area (TPSA) is 67.0 Å². The second kappa shape index (κ2) is 6.15. The van der Waals surface area contributed by atoms with Crippen molar-refractivity contribution in [1.82, 2.24) is 10.2 Å². The third-order valence-electron chi connectivity index (χ3n) is 1.66. The Balaban J connectivity index is 2.21. The molecule has 0 radical (unpaired) electrons. The maximum Gasteiger partial charge on any atom is 0.266 e. The van der Waals surface area contributed by atoms with Crippen LogP contribution in [0.15, 0.2) is 17.1 Å². The van der Waals surface area contributed by atoms with E-state index >= 15 is 0 Å². The highest BCUT2D eigenvalue weighted by Gasteiger charge is 1.92. The molecule has 0 aliphatic rings. The van der Waals surface area contributed by atoms with E-state index in [-0.39, 0.29) is 5.56 Å². The molecule has 0 atom stereocenters. The lowest BCUT2D eigenvalue weighted by Crippen LogP contribution is -2.11. The highest BCUT2D eigenvalue weighted by atomic mass is 16.5. The number of nitrogens with zero attached hydrogens (tertiary/aromatic N) is 1. The van der Waals surface area contributed by atoms with Gasteiger partial charge >= 0.3 is 0 Å². The molecule has 0 aliphatic heterocycles. The zero-order chi connectivity index (χ0) is 10.2. The Morgan fingerprint density at radius 1 is 1.64 bits per heavy atom. The summed E-state index contributed by atoms with van der Waals surface area (Å²) in [5.74, 6) is 0. The zero-order valence-corrected chi connectivity index (χ0v) is 8.25. The van der Waals surface area contributed by atoms with Crippen LogP contribution in [0.1, 0.15) is 13.3 Å². The molecule has 1 heterocycles. The lowest BCUT2D eigenvalue weighted by Gasteiger charge is -2.04. The Kier molecular flexibility index (Phi) is 4.71. The van der Waals surface area contributed by atoms with Crippen LogP contribution in [-0.2, 0) is 4.74 Å². The van der Waals surface area contributed by atoms with E-state index in [2.05, 4.69) is 15.5 Å². The SMILES string of the molecule is CCOCCCNc1cn[nH]c(=O)c1. The molecule has 78 valence electrons. The maximum absolute atomic E-state index is 10.8. The van der Waals surface area contributed by atoms with Gasteiger partial charge in [-0.1, -0.05) is 0 Å². The van der Waals surface area contributed by atoms with Gasteiger partial charge in [0.1, 0.15) is 0 Å². The minimum Gasteiger partial charge on any atom is -0.383 e. The summed E-state index contributed by atoms with van der Waals surface area (Å²) in [6.07, 6.45) is 2.50. The molecule has 0 amide bonds. The molecule has 5 nitrogen and oxygen atoms in total. The molecule has 0 spiro atoms. The van der Waals surface area contributed by atoms with Gasteiger partial charge in [-0.15, -0.1) is 0 Å². The molecule has 0 unspecified atom stereocenters. The molecule has 0 fully saturated rings. The largest absolute Gasteiger partial charge is 0.383 e. The molecule has 2 N–H and O–H groups in total. The average molecular weight is 197 g/mol. The van der Waals surface area contributed by atoms with E-state index in [0.29, 0.717) is 0 Å². The van der Waals surface area contributed by atoms with E-state index in [0.717, 1.165) is 31.9 Å². The van der Waals surface area contributed by atoms with Crippen molar-refractivity contribution in [3.8, 4) is 0 Å². The standard InChI is InChI=1S/C9H15N3O2/c1-2-14-5-3-4-10-8-6-9(13)12-11-7-8/h6-7H,2-5H2,1H3,(H2,10,12,13). The monoisotopic (exact) mass is 197 g/mol. The van der Waals surface area contributed by atoms with Gasteiger partial charge in [0.25, 0.3) is 5.56 Å². The van der Waals surface area contributed by atoms with Gasteiger partial charge in [-0.25, -0.2) is 5.10 Å². The molecule has 0 saturated heterocycles. The Bertz CT molecular complexity index is 311. The Morgan fingerprint density at radius 3 is 3.21 bits per heavy atom. The number of aromatic nitrogens is 2. The number of ether oxygens (including phenoxy) is 1. The summed E-state index contributed by atoms with van der Waals surface area (Å²) in [7, 11) is 0. The van der Waals surface area contributed by atoms with Crippen molar-refractivity contribution in [2.45, 2.75) is 13.3 Å². The van der Waals surface area contributed by atoms with Gasteiger partial charge in [-0.3, -0.25) is 4.79 Å². The van der Waals surface area contributed by atoms with Crippen molar-refractivity contribution in [1.29, 1.82) is 0 Å². The highest BCUT2D eigenvalue weighted by molar-refractivity contribution is 5.38. The molecule has 14 heavy (non-hydrogen) atoms. The van der Waals surface area contributed by atoms with Crippen LogP contribution in [0.4, 0.5) is 5.69 Å². The molecule has 1 aromatic rings. The lowest BCUT2D eigenvalue weighted by molar-refractivity contribution is 0.147. The molecule has 0 bridgehead atoms. The highest BCUT2D eigenvalue weighted by Crippen LogP contribution is 1.97. The summed E-state index contributed by atoms with van der Waals surface area (Å²) < 4.78 is 5.17. The van der Waals surface area contributed by atoms with E-state index < -0.39 is 0 Å². The second-order valence-corrected chi connectivity index (χ2v) is 2.81. The number of aromatic amines is 1. The summed E-state index contributed by atoms with van der Waals surface area (Å²) in [5.41, 5.74) is 0.546. The normalized spacial score (nSPS) is 10.1. The number of hydrogen-bond acceptors (Lipinski definition) is 4. The molecule has 0 saturated carbocycles. The molecule has 0 aliphatic carbocycles. The number of H-pyrrole nitrogens is 1. The van der Waals surface area contributed by atoms with E-state index in [1.807, 2.05) is 6.92 Å². The first-order chi connectivity index (χ1) is 6.83. The third kappa shape index (κ3) is 4.04. The Labute approximate surface area is 82.5 Å². The fraction of sp³-hybridized carbons (Fsp3) is 0.556. The van der Waals surface area contributed by atoms with Crippen LogP contribution in [0.3, 0.4) is 0 Å². The third-order valence-corrected chi connectivity index (χ3v) is 1.66. The van der Waals surface area contributed by atoms with Gasteiger partial charge in [0.05, 0.1) is 11.9 Å². The smallest absolute Gasteiger partial charge is 0.266 e. The summed E-state index contributed by atoms with van der Waals surface area (Å²) in [6, 6.07) is 1.48. The zero-order valence-electron chi connectivity index (χ0n) is 8.25. The maximum atomic E-state index is 10.8. The Morgan fingerprint density at radius 2 is 2.50 bits per heavy atom. The predicted octanol–water partition coefficient (Wildman–Crippen LogP) is 0.608. The predicted molar refractivity (Wildman–Crippen MR) is 54.5 cm³/mol. The van der Waals surface area contributed by atoms with Crippen molar-refractivity contribution in [2.75, 3.05) is 25.1 Å². The average Bonchev–Trinajstić information content (AvgIpc) is 2.18. The van der Waals surface area contributed by atoms with E-state index in [9.17, 15) is 4.79 Å². The van der Waals surface area contributed by atoms with Crippen LogP contribution in [0.5, 0.6) is 0 Å². The van der Waals surface area contributed by atoms with Gasteiger partial charge < -0.3 is 10.1 Å². The summed E-state index contributed by atoms with van der Waals surface area (Å²) in [5, 5.41) is 9.06. The number of hydrogen-bond donors (Lipinski definition) is 2. The minimum atomic E-state index is -0.195. The number of rotatable bonds is 6. The van der Waals surface area contributed by atoms with Crippen molar-refractivity contribution < 1.29 is 4.74 Å². The van der Waals surface area contributed by atoms with Crippen molar-refractivity contribution in [2.24, 2.45) is 0 Å². The van der Waals surface area contributed by atoms with Gasteiger partial charge in [-0.05, 0) is 13.3 Å². The van der Waals surface area contributed by atoms with Crippen LogP contribution in [-0.4, -0.2) is 30.0 Å². The molecule has 1 aromatic heterocycles. The van der Waals surface area contributed by atoms with Crippen LogP contribution in [0.25, 0.3) is 0 Å². The van der Waals surface area contributed by atoms with Gasteiger partial charge in [0.2, 0.25) is 0 Å².